The molecule has 1 aliphatic rings. The number of sulfone groups is 1. The molecule has 2 rings (SSSR count). The Morgan fingerprint density at radius 2 is 1.65 bits per heavy atom. The van der Waals surface area contributed by atoms with E-state index in [0.29, 0.717) is 38.3 Å². The highest BCUT2D eigenvalue weighted by atomic mass is 32.2. The van der Waals surface area contributed by atoms with Gasteiger partial charge in [-0.15, -0.1) is 0 Å². The van der Waals surface area contributed by atoms with Gasteiger partial charge in [-0.25, -0.2) is 17.2 Å². The predicted octanol–water partition coefficient (Wildman–Crippen LogP) is 1.21. The predicted molar refractivity (Wildman–Crippen MR) is 82.1 cm³/mol. The summed E-state index contributed by atoms with van der Waals surface area (Å²) in [5, 5.41) is 8.72. The van der Waals surface area contributed by atoms with Crippen molar-refractivity contribution in [3.63, 3.8) is 0 Å². The minimum Gasteiger partial charge on any atom is -0.300 e. The molecule has 0 atom stereocenters. The van der Waals surface area contributed by atoms with E-state index in [-0.39, 0.29) is 17.2 Å². The third-order valence-corrected chi connectivity index (χ3v) is 5.59. The summed E-state index contributed by atoms with van der Waals surface area (Å²) < 4.78 is 49.1. The molecule has 1 aromatic rings. The van der Waals surface area contributed by atoms with Crippen molar-refractivity contribution >= 4 is 9.84 Å². The maximum atomic E-state index is 12.3. The van der Waals surface area contributed by atoms with Gasteiger partial charge in [0.25, 0.3) is 6.43 Å². The highest BCUT2D eigenvalue weighted by Gasteiger charge is 2.22. The second-order valence-corrected chi connectivity index (χ2v) is 7.60. The molecule has 5 nitrogen and oxygen atoms in total. The Hall–Kier alpha value is -1.56. The number of hydrogen-bond acceptors (Lipinski definition) is 5. The lowest BCUT2D eigenvalue weighted by molar-refractivity contribution is 0.0579. The van der Waals surface area contributed by atoms with Gasteiger partial charge in [0, 0.05) is 32.7 Å². The van der Waals surface area contributed by atoms with Crippen LogP contribution < -0.4 is 0 Å². The van der Waals surface area contributed by atoms with Gasteiger partial charge in [0.15, 0.2) is 9.84 Å². The molecule has 1 saturated heterocycles. The summed E-state index contributed by atoms with van der Waals surface area (Å²) in [6, 6.07) is 7.79. The fourth-order valence-electron chi connectivity index (χ4n) is 2.49. The lowest BCUT2D eigenvalue weighted by atomic mass is 10.2. The molecule has 0 unspecified atom stereocenters. The first kappa shape index (κ1) is 17.8. The van der Waals surface area contributed by atoms with E-state index in [0.717, 1.165) is 0 Å². The van der Waals surface area contributed by atoms with E-state index in [1.807, 2.05) is 11.0 Å². The van der Waals surface area contributed by atoms with Crippen LogP contribution in [0.25, 0.3) is 0 Å². The number of halogens is 2. The summed E-state index contributed by atoms with van der Waals surface area (Å²) in [7, 11) is -3.40. The Labute approximate surface area is 135 Å². The van der Waals surface area contributed by atoms with Crippen molar-refractivity contribution in [2.45, 2.75) is 11.3 Å². The van der Waals surface area contributed by atoms with Gasteiger partial charge in [0.05, 0.1) is 28.8 Å². The summed E-state index contributed by atoms with van der Waals surface area (Å²) in [5.41, 5.74) is 0.416. The molecule has 0 aromatic heterocycles. The van der Waals surface area contributed by atoms with Crippen LogP contribution >= 0.6 is 0 Å². The Bertz CT molecular complexity index is 648. The van der Waals surface area contributed by atoms with E-state index in [1.165, 1.54) is 24.3 Å². The highest BCUT2D eigenvalue weighted by Crippen LogP contribution is 2.13. The minimum atomic E-state index is -3.40. The van der Waals surface area contributed by atoms with Crippen LogP contribution in [0, 0.1) is 11.3 Å². The summed E-state index contributed by atoms with van der Waals surface area (Å²) in [4.78, 5) is 3.87. The number of hydrogen-bond donors (Lipinski definition) is 0. The first-order valence-corrected chi connectivity index (χ1v) is 9.02. The van der Waals surface area contributed by atoms with Gasteiger partial charge in [-0.2, -0.15) is 5.26 Å². The van der Waals surface area contributed by atoms with E-state index in [9.17, 15) is 17.2 Å². The average Bonchev–Trinajstić information content (AvgIpc) is 2.54. The molecule has 0 radical (unpaired) electrons. The van der Waals surface area contributed by atoms with Crippen molar-refractivity contribution in [2.75, 3.05) is 45.0 Å². The van der Waals surface area contributed by atoms with Crippen LogP contribution in [0.3, 0.4) is 0 Å². The maximum Gasteiger partial charge on any atom is 0.251 e. The van der Waals surface area contributed by atoms with Gasteiger partial charge < -0.3 is 0 Å². The fourth-order valence-corrected chi connectivity index (χ4v) is 3.78. The molecule has 0 N–H and O–H groups in total. The number of piperazine rings is 1. The molecule has 0 amide bonds. The molecule has 1 aliphatic heterocycles. The zero-order valence-electron chi connectivity index (χ0n) is 12.7. The summed E-state index contributed by atoms with van der Waals surface area (Å²) in [6.45, 7) is 2.40. The van der Waals surface area contributed by atoms with Crippen LogP contribution in [0.2, 0.25) is 0 Å². The van der Waals surface area contributed by atoms with Crippen molar-refractivity contribution in [1.82, 2.24) is 9.80 Å². The standard InChI is InChI=1S/C15H19F2N3O2S/c16-15(17)12-20-7-5-19(6-8-20)9-10-23(21,22)14-3-1-13(11-18)2-4-14/h1-4,15H,5-10,12H2. The van der Waals surface area contributed by atoms with Gasteiger partial charge >= 0.3 is 0 Å². The largest absolute Gasteiger partial charge is 0.300 e. The van der Waals surface area contributed by atoms with Crippen molar-refractivity contribution in [3.8, 4) is 6.07 Å². The molecule has 0 saturated carbocycles. The molecule has 23 heavy (non-hydrogen) atoms. The van der Waals surface area contributed by atoms with Gasteiger partial charge in [-0.1, -0.05) is 0 Å². The summed E-state index contributed by atoms with van der Waals surface area (Å²) in [6.07, 6.45) is -2.33. The second-order valence-electron chi connectivity index (χ2n) is 5.49. The number of rotatable bonds is 6. The summed E-state index contributed by atoms with van der Waals surface area (Å²) >= 11 is 0. The summed E-state index contributed by atoms with van der Waals surface area (Å²) in [5.74, 6) is -0.0201. The molecule has 8 heteroatoms. The molecule has 1 aromatic carbocycles. The Balaban J connectivity index is 1.84. The maximum absolute atomic E-state index is 12.3. The lowest BCUT2D eigenvalue weighted by Gasteiger charge is -2.34. The molecule has 0 aliphatic carbocycles. The van der Waals surface area contributed by atoms with Crippen molar-refractivity contribution < 1.29 is 17.2 Å². The molecule has 1 heterocycles. The third kappa shape index (κ3) is 5.23. The van der Waals surface area contributed by atoms with Gasteiger partial charge in [-0.3, -0.25) is 9.80 Å². The van der Waals surface area contributed by atoms with Crippen molar-refractivity contribution in [3.05, 3.63) is 29.8 Å². The zero-order chi connectivity index (χ0) is 16.9. The van der Waals surface area contributed by atoms with Crippen LogP contribution in [-0.4, -0.2) is 69.7 Å². The highest BCUT2D eigenvalue weighted by molar-refractivity contribution is 7.91. The van der Waals surface area contributed by atoms with Crippen LogP contribution in [0.15, 0.2) is 29.2 Å². The monoisotopic (exact) mass is 343 g/mol. The smallest absolute Gasteiger partial charge is 0.251 e. The topological polar surface area (TPSA) is 64.4 Å². The third-order valence-electron chi connectivity index (χ3n) is 3.88. The van der Waals surface area contributed by atoms with Crippen molar-refractivity contribution in [2.24, 2.45) is 0 Å². The first-order valence-electron chi connectivity index (χ1n) is 7.36. The van der Waals surface area contributed by atoms with Gasteiger partial charge in [-0.05, 0) is 24.3 Å². The molecule has 126 valence electrons. The van der Waals surface area contributed by atoms with E-state index >= 15 is 0 Å². The molecule has 1 fully saturated rings. The number of nitrogens with zero attached hydrogens (tertiary/aromatic N) is 3. The Morgan fingerprint density at radius 3 is 2.17 bits per heavy atom. The van der Waals surface area contributed by atoms with E-state index in [4.69, 9.17) is 5.26 Å². The van der Waals surface area contributed by atoms with E-state index in [2.05, 4.69) is 0 Å². The van der Waals surface area contributed by atoms with Crippen LogP contribution in [0.1, 0.15) is 5.56 Å². The quantitative estimate of drug-likeness (QED) is 0.777. The van der Waals surface area contributed by atoms with E-state index < -0.39 is 16.3 Å². The zero-order valence-corrected chi connectivity index (χ0v) is 13.5. The Morgan fingerprint density at radius 1 is 1.09 bits per heavy atom. The van der Waals surface area contributed by atoms with Crippen LogP contribution in [0.4, 0.5) is 8.78 Å². The minimum absolute atomic E-state index is 0.0201. The lowest BCUT2D eigenvalue weighted by Crippen LogP contribution is -2.48. The number of benzene rings is 1. The first-order chi connectivity index (χ1) is 10.9. The van der Waals surface area contributed by atoms with Crippen LogP contribution in [-0.2, 0) is 9.84 Å². The average molecular weight is 343 g/mol. The van der Waals surface area contributed by atoms with E-state index in [1.54, 1.807) is 4.90 Å². The Kier molecular flexibility index (Phi) is 6.04. The van der Waals surface area contributed by atoms with Crippen LogP contribution in [0.5, 0.6) is 0 Å². The normalized spacial score (nSPS) is 17.3. The number of alkyl halides is 2. The fraction of sp³-hybridized carbons (Fsp3) is 0.533. The molecular weight excluding hydrogens is 324 g/mol. The second kappa shape index (κ2) is 7.81. The molecule has 0 bridgehead atoms. The van der Waals surface area contributed by atoms with Gasteiger partial charge in [0.1, 0.15) is 0 Å². The number of nitriles is 1. The molecule has 0 spiro atoms. The van der Waals surface area contributed by atoms with Gasteiger partial charge in [0.2, 0.25) is 0 Å². The molecular formula is C15H19F2N3O2S. The van der Waals surface area contributed by atoms with Crippen molar-refractivity contribution in [1.29, 1.82) is 5.26 Å². The SMILES string of the molecule is N#Cc1ccc(S(=O)(=O)CCN2CCN(CC(F)F)CC2)cc1.